The number of carboxylic acids is 1. The van der Waals surface area contributed by atoms with Crippen LogP contribution in [0.2, 0.25) is 5.35 Å². The van der Waals surface area contributed by atoms with Crippen molar-refractivity contribution in [2.45, 2.75) is 6.42 Å². The van der Waals surface area contributed by atoms with Crippen molar-refractivity contribution < 1.29 is 14.3 Å². The molecule has 0 spiro atoms. The number of hydrogen-bond acceptors (Lipinski definition) is 3. The van der Waals surface area contributed by atoms with Crippen LogP contribution in [0.5, 0.6) is 0 Å². The van der Waals surface area contributed by atoms with E-state index in [-0.39, 0.29) is 11.8 Å². The summed E-state index contributed by atoms with van der Waals surface area (Å²) in [7, 11) is 0. The van der Waals surface area contributed by atoms with Crippen molar-refractivity contribution in [1.82, 2.24) is 4.98 Å². The monoisotopic (exact) mass is 211 g/mol. The third-order valence-corrected chi connectivity index (χ3v) is 1.97. The van der Waals surface area contributed by atoms with Crippen molar-refractivity contribution in [3.63, 3.8) is 0 Å². The molecular weight excluding hydrogens is 206 g/mol. The van der Waals surface area contributed by atoms with Gasteiger partial charge in [0.1, 0.15) is 5.52 Å². The summed E-state index contributed by atoms with van der Waals surface area (Å²) in [6, 6.07) is 5.12. The molecule has 1 aromatic carbocycles. The molecule has 72 valence electrons. The van der Waals surface area contributed by atoms with E-state index in [1.807, 2.05) is 0 Å². The number of fused-ring (bicyclic) bond motifs is 1. The minimum Gasteiger partial charge on any atom is -0.481 e. The second kappa shape index (κ2) is 3.31. The van der Waals surface area contributed by atoms with Crippen LogP contribution in [0.3, 0.4) is 0 Å². The summed E-state index contributed by atoms with van der Waals surface area (Å²) in [5.74, 6) is -0.912. The Hall–Kier alpha value is -1.55. The fraction of sp³-hybridized carbons (Fsp3) is 0.111. The van der Waals surface area contributed by atoms with Gasteiger partial charge in [0.2, 0.25) is 0 Å². The van der Waals surface area contributed by atoms with E-state index in [1.54, 1.807) is 18.2 Å². The Morgan fingerprint density at radius 2 is 2.36 bits per heavy atom. The van der Waals surface area contributed by atoms with E-state index in [0.717, 1.165) is 0 Å². The van der Waals surface area contributed by atoms with E-state index in [1.165, 1.54) is 0 Å². The average Bonchev–Trinajstić information content (AvgIpc) is 2.45. The van der Waals surface area contributed by atoms with Crippen LogP contribution in [-0.2, 0) is 11.2 Å². The zero-order chi connectivity index (χ0) is 10.1. The summed E-state index contributed by atoms with van der Waals surface area (Å²) in [5, 5.41) is 8.66. The van der Waals surface area contributed by atoms with Crippen molar-refractivity contribution in [2.75, 3.05) is 0 Å². The highest BCUT2D eigenvalue weighted by Gasteiger charge is 2.10. The number of hydrogen-bond donors (Lipinski definition) is 1. The number of oxazole rings is 1. The van der Waals surface area contributed by atoms with Gasteiger partial charge in [-0.3, -0.25) is 4.79 Å². The Kier molecular flexibility index (Phi) is 2.13. The maximum atomic E-state index is 10.5. The van der Waals surface area contributed by atoms with Gasteiger partial charge in [-0.1, -0.05) is 12.1 Å². The van der Waals surface area contributed by atoms with Crippen LogP contribution in [0, 0.1) is 0 Å². The molecule has 1 heterocycles. The summed E-state index contributed by atoms with van der Waals surface area (Å²) < 4.78 is 5.09. The van der Waals surface area contributed by atoms with E-state index in [0.29, 0.717) is 16.7 Å². The maximum Gasteiger partial charge on any atom is 0.307 e. The lowest BCUT2D eigenvalue weighted by atomic mass is 10.1. The van der Waals surface area contributed by atoms with Crippen LogP contribution in [0.15, 0.2) is 22.6 Å². The predicted octanol–water partition coefficient (Wildman–Crippen LogP) is 2.11. The molecule has 14 heavy (non-hydrogen) atoms. The molecule has 0 aliphatic heterocycles. The molecule has 0 amide bonds. The van der Waals surface area contributed by atoms with Gasteiger partial charge in [-0.05, 0) is 17.7 Å². The number of aromatic nitrogens is 1. The topological polar surface area (TPSA) is 63.3 Å². The van der Waals surface area contributed by atoms with Crippen molar-refractivity contribution in [3.05, 3.63) is 29.1 Å². The van der Waals surface area contributed by atoms with E-state index >= 15 is 0 Å². The highest BCUT2D eigenvalue weighted by atomic mass is 35.5. The van der Waals surface area contributed by atoms with E-state index in [2.05, 4.69) is 4.98 Å². The third kappa shape index (κ3) is 1.56. The zero-order valence-electron chi connectivity index (χ0n) is 7.03. The Morgan fingerprint density at radius 3 is 3.07 bits per heavy atom. The predicted molar refractivity (Wildman–Crippen MR) is 50.4 cm³/mol. The molecule has 0 aliphatic rings. The second-order valence-corrected chi connectivity index (χ2v) is 3.13. The fourth-order valence-electron chi connectivity index (χ4n) is 1.28. The van der Waals surface area contributed by atoms with Crippen LogP contribution >= 0.6 is 11.6 Å². The van der Waals surface area contributed by atoms with Gasteiger partial charge in [0.25, 0.3) is 5.35 Å². The van der Waals surface area contributed by atoms with Gasteiger partial charge in [-0.25, -0.2) is 0 Å². The molecular formula is C9H6ClNO3. The lowest BCUT2D eigenvalue weighted by Gasteiger charge is -1.95. The highest BCUT2D eigenvalue weighted by Crippen LogP contribution is 2.22. The molecule has 0 saturated carbocycles. The Balaban J connectivity index is 2.58. The molecule has 1 N–H and O–H groups in total. The molecule has 0 bridgehead atoms. The number of benzene rings is 1. The minimum atomic E-state index is -0.912. The van der Waals surface area contributed by atoms with E-state index in [4.69, 9.17) is 21.1 Å². The molecule has 5 heteroatoms. The Morgan fingerprint density at radius 1 is 1.57 bits per heavy atom. The first-order valence-corrected chi connectivity index (χ1v) is 4.30. The smallest absolute Gasteiger partial charge is 0.307 e. The fourth-order valence-corrected chi connectivity index (χ4v) is 1.45. The van der Waals surface area contributed by atoms with Gasteiger partial charge in [0, 0.05) is 5.56 Å². The third-order valence-electron chi connectivity index (χ3n) is 1.81. The lowest BCUT2D eigenvalue weighted by Crippen LogP contribution is -1.99. The molecule has 1 aromatic heterocycles. The second-order valence-electron chi connectivity index (χ2n) is 2.80. The van der Waals surface area contributed by atoms with Gasteiger partial charge < -0.3 is 9.52 Å². The number of carboxylic acid groups (broad SMARTS) is 1. The maximum absolute atomic E-state index is 10.5. The quantitative estimate of drug-likeness (QED) is 0.826. The van der Waals surface area contributed by atoms with Crippen molar-refractivity contribution in [1.29, 1.82) is 0 Å². The van der Waals surface area contributed by atoms with Crippen LogP contribution < -0.4 is 0 Å². The number of rotatable bonds is 2. The molecule has 2 aromatic rings. The molecule has 0 saturated heterocycles. The van der Waals surface area contributed by atoms with Crippen LogP contribution in [0.1, 0.15) is 5.56 Å². The Labute approximate surface area is 84.1 Å². The highest BCUT2D eigenvalue weighted by molar-refractivity contribution is 6.28. The zero-order valence-corrected chi connectivity index (χ0v) is 7.78. The van der Waals surface area contributed by atoms with Crippen molar-refractivity contribution in [3.8, 4) is 0 Å². The molecule has 4 nitrogen and oxygen atoms in total. The SMILES string of the molecule is O=C(O)Cc1cccc2nc(Cl)oc12. The summed E-state index contributed by atoms with van der Waals surface area (Å²) >= 11 is 5.57. The van der Waals surface area contributed by atoms with Crippen LogP contribution in [0.4, 0.5) is 0 Å². The summed E-state index contributed by atoms with van der Waals surface area (Å²) in [6.45, 7) is 0. The molecule has 2 rings (SSSR count). The van der Waals surface area contributed by atoms with Crippen molar-refractivity contribution >= 4 is 28.7 Å². The number of para-hydroxylation sites is 1. The van der Waals surface area contributed by atoms with E-state index < -0.39 is 5.97 Å². The average molecular weight is 212 g/mol. The normalized spacial score (nSPS) is 10.6. The number of halogens is 1. The molecule has 0 atom stereocenters. The van der Waals surface area contributed by atoms with Gasteiger partial charge >= 0.3 is 5.97 Å². The van der Waals surface area contributed by atoms with Crippen LogP contribution in [-0.4, -0.2) is 16.1 Å². The molecule has 0 aliphatic carbocycles. The van der Waals surface area contributed by atoms with Gasteiger partial charge in [-0.15, -0.1) is 0 Å². The van der Waals surface area contributed by atoms with Gasteiger partial charge in [0.15, 0.2) is 5.58 Å². The van der Waals surface area contributed by atoms with Crippen molar-refractivity contribution in [2.24, 2.45) is 0 Å². The van der Waals surface area contributed by atoms with E-state index in [9.17, 15) is 4.79 Å². The van der Waals surface area contributed by atoms with Gasteiger partial charge in [0.05, 0.1) is 6.42 Å². The Bertz CT molecular complexity index is 492. The summed E-state index contributed by atoms with van der Waals surface area (Å²) in [5.41, 5.74) is 1.60. The summed E-state index contributed by atoms with van der Waals surface area (Å²) in [6.07, 6.45) is -0.0944. The number of aliphatic carboxylic acids is 1. The summed E-state index contributed by atoms with van der Waals surface area (Å²) in [4.78, 5) is 14.4. The molecule has 0 radical (unpaired) electrons. The number of carbonyl (C=O) groups is 1. The molecule has 0 fully saturated rings. The first-order chi connectivity index (χ1) is 6.66. The largest absolute Gasteiger partial charge is 0.481 e. The van der Waals surface area contributed by atoms with Gasteiger partial charge in [-0.2, -0.15) is 4.98 Å². The first-order valence-electron chi connectivity index (χ1n) is 3.92. The number of nitrogens with zero attached hydrogens (tertiary/aromatic N) is 1. The minimum absolute atomic E-state index is 0.0258. The molecule has 0 unspecified atom stereocenters. The first kappa shape index (κ1) is 9.02. The van der Waals surface area contributed by atoms with Crippen LogP contribution in [0.25, 0.3) is 11.1 Å². The lowest BCUT2D eigenvalue weighted by molar-refractivity contribution is -0.136. The standard InChI is InChI=1S/C9H6ClNO3/c10-9-11-6-3-1-2-5(4-7(12)13)8(6)14-9/h1-3H,4H2,(H,12,13).